The van der Waals surface area contributed by atoms with Crippen molar-refractivity contribution in [3.63, 3.8) is 0 Å². The number of benzene rings is 2. The Kier molecular flexibility index (Phi) is 7.28. The molecule has 0 aliphatic rings. The summed E-state index contributed by atoms with van der Waals surface area (Å²) >= 11 is 0. The zero-order chi connectivity index (χ0) is 22.4. The topological polar surface area (TPSA) is 77.7 Å². The van der Waals surface area contributed by atoms with Crippen LogP contribution < -0.4 is 9.47 Å². The van der Waals surface area contributed by atoms with Gasteiger partial charge in [0.15, 0.2) is 11.5 Å². The Labute approximate surface area is 183 Å². The van der Waals surface area contributed by atoms with Gasteiger partial charge in [0.2, 0.25) is 17.6 Å². The number of carbonyl (C=O) groups excluding carboxylic acids is 1. The van der Waals surface area contributed by atoms with Crippen LogP contribution in [0.1, 0.15) is 44.6 Å². The number of hydrogen-bond donors (Lipinski definition) is 0. The van der Waals surface area contributed by atoms with E-state index in [1.165, 1.54) is 0 Å². The Morgan fingerprint density at radius 2 is 1.77 bits per heavy atom. The van der Waals surface area contributed by atoms with Gasteiger partial charge < -0.3 is 18.9 Å². The summed E-state index contributed by atoms with van der Waals surface area (Å²) in [7, 11) is 3.16. The number of amides is 1. The molecular weight excluding hydrogens is 394 g/mol. The summed E-state index contributed by atoms with van der Waals surface area (Å²) in [6, 6.07) is 15.3. The first-order valence-electron chi connectivity index (χ1n) is 10.4. The lowest BCUT2D eigenvalue weighted by Crippen LogP contribution is -2.39. The van der Waals surface area contributed by atoms with E-state index in [9.17, 15) is 4.79 Å². The number of carbonyl (C=O) groups is 1. The van der Waals surface area contributed by atoms with Crippen LogP contribution in [-0.2, 0) is 11.3 Å². The van der Waals surface area contributed by atoms with Crippen molar-refractivity contribution in [2.75, 3.05) is 14.2 Å². The van der Waals surface area contributed by atoms with E-state index < -0.39 is 0 Å². The van der Waals surface area contributed by atoms with Crippen LogP contribution in [0.5, 0.6) is 11.5 Å². The molecule has 31 heavy (non-hydrogen) atoms. The van der Waals surface area contributed by atoms with Crippen molar-refractivity contribution < 1.29 is 18.8 Å². The molecule has 0 aliphatic carbocycles. The summed E-state index contributed by atoms with van der Waals surface area (Å²) in [6.45, 7) is 6.25. The largest absolute Gasteiger partial charge is 0.493 e. The monoisotopic (exact) mass is 423 g/mol. The third kappa shape index (κ3) is 5.05. The maximum absolute atomic E-state index is 13.4. The van der Waals surface area contributed by atoms with Crippen LogP contribution in [0.3, 0.4) is 0 Å². The molecule has 0 spiro atoms. The van der Waals surface area contributed by atoms with Gasteiger partial charge in [-0.3, -0.25) is 4.79 Å². The van der Waals surface area contributed by atoms with E-state index >= 15 is 0 Å². The van der Waals surface area contributed by atoms with Crippen molar-refractivity contribution >= 4 is 5.91 Å². The van der Waals surface area contributed by atoms with Crippen LogP contribution in [0.15, 0.2) is 53.1 Å². The van der Waals surface area contributed by atoms with E-state index in [1.807, 2.05) is 57.2 Å². The van der Waals surface area contributed by atoms with Crippen LogP contribution in [0, 0.1) is 0 Å². The molecule has 7 nitrogen and oxygen atoms in total. The van der Waals surface area contributed by atoms with Crippen LogP contribution in [0.2, 0.25) is 0 Å². The number of hydrogen-bond acceptors (Lipinski definition) is 6. The van der Waals surface area contributed by atoms with E-state index in [-0.39, 0.29) is 24.4 Å². The summed E-state index contributed by atoms with van der Waals surface area (Å²) in [5.41, 5.74) is 1.75. The molecule has 0 fully saturated rings. The fourth-order valence-electron chi connectivity index (χ4n) is 3.51. The Hall–Kier alpha value is -3.35. The first-order chi connectivity index (χ1) is 15.0. The molecule has 1 heterocycles. The quantitative estimate of drug-likeness (QED) is 0.497. The molecule has 0 aliphatic heterocycles. The molecule has 0 saturated heterocycles. The Morgan fingerprint density at radius 1 is 1.06 bits per heavy atom. The van der Waals surface area contributed by atoms with Gasteiger partial charge in [0.05, 0.1) is 20.1 Å². The highest BCUT2D eigenvalue weighted by molar-refractivity contribution is 5.83. The molecule has 0 N–H and O–H groups in total. The number of rotatable bonds is 9. The molecule has 0 bridgehead atoms. The highest BCUT2D eigenvalue weighted by Crippen LogP contribution is 2.31. The third-order valence-electron chi connectivity index (χ3n) is 5.23. The minimum absolute atomic E-state index is 0.0123. The number of methoxy groups -OCH3 is 2. The van der Waals surface area contributed by atoms with Crippen molar-refractivity contribution in [1.29, 1.82) is 0 Å². The van der Waals surface area contributed by atoms with Crippen LogP contribution in [-0.4, -0.2) is 41.2 Å². The first kappa shape index (κ1) is 22.3. The minimum atomic E-state index is -0.211. The number of aromatic nitrogens is 2. The van der Waals surface area contributed by atoms with Gasteiger partial charge in [-0.2, -0.15) is 4.98 Å². The molecule has 1 atom stereocenters. The molecule has 164 valence electrons. The standard InChI is InChI=1S/C24H29N3O4/c1-6-19(17-10-8-7-9-11-17)24(28)27(16(2)3)15-22-25-23(26-31-22)18-12-13-20(29-4)21(14-18)30-5/h7-14,16,19H,6,15H2,1-5H3/t19-/m1/s1. The second-order valence-electron chi connectivity index (χ2n) is 7.51. The fourth-order valence-corrected chi connectivity index (χ4v) is 3.51. The minimum Gasteiger partial charge on any atom is -0.493 e. The lowest BCUT2D eigenvalue weighted by atomic mass is 9.94. The number of nitrogens with zero attached hydrogens (tertiary/aromatic N) is 3. The van der Waals surface area contributed by atoms with Crippen molar-refractivity contribution in [2.24, 2.45) is 0 Å². The SMILES string of the molecule is CC[C@@H](C(=O)N(Cc1nc(-c2ccc(OC)c(OC)c2)no1)C(C)C)c1ccccc1. The van der Waals surface area contributed by atoms with Crippen molar-refractivity contribution in [3.05, 3.63) is 60.0 Å². The van der Waals surface area contributed by atoms with E-state index in [0.29, 0.717) is 29.6 Å². The summed E-state index contributed by atoms with van der Waals surface area (Å²) < 4.78 is 16.1. The summed E-state index contributed by atoms with van der Waals surface area (Å²) in [5.74, 6) is 1.86. The average Bonchev–Trinajstić information content (AvgIpc) is 3.26. The molecule has 0 saturated carbocycles. The molecule has 3 rings (SSSR count). The normalized spacial score (nSPS) is 11.9. The summed E-state index contributed by atoms with van der Waals surface area (Å²) in [6.07, 6.45) is 0.715. The molecule has 1 aromatic heterocycles. The first-order valence-corrected chi connectivity index (χ1v) is 10.4. The van der Waals surface area contributed by atoms with Crippen LogP contribution >= 0.6 is 0 Å². The van der Waals surface area contributed by atoms with Crippen molar-refractivity contribution in [3.8, 4) is 22.9 Å². The Balaban J connectivity index is 1.82. The van der Waals surface area contributed by atoms with Gasteiger partial charge in [-0.05, 0) is 44.0 Å². The van der Waals surface area contributed by atoms with Crippen molar-refractivity contribution in [2.45, 2.75) is 45.7 Å². The molecule has 3 aromatic rings. The van der Waals surface area contributed by atoms with Crippen LogP contribution in [0.4, 0.5) is 0 Å². The third-order valence-corrected chi connectivity index (χ3v) is 5.23. The zero-order valence-electron chi connectivity index (χ0n) is 18.7. The lowest BCUT2D eigenvalue weighted by Gasteiger charge is -2.29. The molecular formula is C24H29N3O4. The van der Waals surface area contributed by atoms with E-state index in [0.717, 1.165) is 11.1 Å². The predicted molar refractivity (Wildman–Crippen MR) is 118 cm³/mol. The smallest absolute Gasteiger partial charge is 0.246 e. The van der Waals surface area contributed by atoms with E-state index in [2.05, 4.69) is 10.1 Å². The van der Waals surface area contributed by atoms with Gasteiger partial charge in [-0.15, -0.1) is 0 Å². The van der Waals surface area contributed by atoms with Gasteiger partial charge in [0, 0.05) is 11.6 Å². The van der Waals surface area contributed by atoms with E-state index in [1.54, 1.807) is 31.3 Å². The molecule has 7 heteroatoms. The lowest BCUT2D eigenvalue weighted by molar-refractivity contribution is -0.135. The predicted octanol–water partition coefficient (Wildman–Crippen LogP) is 4.68. The Morgan fingerprint density at radius 3 is 2.39 bits per heavy atom. The van der Waals surface area contributed by atoms with Gasteiger partial charge in [-0.25, -0.2) is 0 Å². The molecule has 0 radical (unpaired) electrons. The molecule has 0 unspecified atom stereocenters. The average molecular weight is 424 g/mol. The van der Waals surface area contributed by atoms with Gasteiger partial charge in [0.25, 0.3) is 0 Å². The van der Waals surface area contributed by atoms with Crippen molar-refractivity contribution in [1.82, 2.24) is 15.0 Å². The summed E-state index contributed by atoms with van der Waals surface area (Å²) in [5, 5.41) is 4.09. The van der Waals surface area contributed by atoms with E-state index in [4.69, 9.17) is 14.0 Å². The summed E-state index contributed by atoms with van der Waals surface area (Å²) in [4.78, 5) is 19.6. The highest BCUT2D eigenvalue weighted by atomic mass is 16.5. The van der Waals surface area contributed by atoms with Gasteiger partial charge in [0.1, 0.15) is 6.54 Å². The second kappa shape index (κ2) is 10.1. The van der Waals surface area contributed by atoms with Gasteiger partial charge >= 0.3 is 0 Å². The fraction of sp³-hybridized carbons (Fsp3) is 0.375. The Bertz CT molecular complexity index is 1000. The zero-order valence-corrected chi connectivity index (χ0v) is 18.7. The maximum atomic E-state index is 13.4. The highest BCUT2D eigenvalue weighted by Gasteiger charge is 2.28. The second-order valence-corrected chi connectivity index (χ2v) is 7.51. The van der Waals surface area contributed by atoms with Gasteiger partial charge in [-0.1, -0.05) is 42.4 Å². The number of ether oxygens (including phenoxy) is 2. The maximum Gasteiger partial charge on any atom is 0.246 e. The molecule has 2 aromatic carbocycles. The molecule has 1 amide bonds. The van der Waals surface area contributed by atoms with Crippen LogP contribution in [0.25, 0.3) is 11.4 Å².